The van der Waals surface area contributed by atoms with Crippen LogP contribution >= 0.6 is 11.3 Å². The van der Waals surface area contributed by atoms with Crippen molar-refractivity contribution >= 4 is 44.8 Å². The summed E-state index contributed by atoms with van der Waals surface area (Å²) in [6.45, 7) is 1.55. The highest BCUT2D eigenvalue weighted by molar-refractivity contribution is 7.21. The fraction of sp³-hybridized carbons (Fsp3) is 0.150. The number of fused-ring (bicyclic) bond motifs is 2. The third-order valence-electron chi connectivity index (χ3n) is 4.42. The molecule has 3 aromatic rings. The Morgan fingerprint density at radius 1 is 1.19 bits per heavy atom. The highest BCUT2D eigenvalue weighted by Gasteiger charge is 2.21. The van der Waals surface area contributed by atoms with Crippen LogP contribution in [0, 0.1) is 6.92 Å². The Bertz CT molecular complexity index is 1070. The van der Waals surface area contributed by atoms with Crippen molar-refractivity contribution in [3.05, 3.63) is 64.0 Å². The normalized spacial score (nSPS) is 12.7. The van der Waals surface area contributed by atoms with Crippen LogP contribution in [0.2, 0.25) is 0 Å². The number of benzene rings is 2. The van der Waals surface area contributed by atoms with Crippen LogP contribution in [0.25, 0.3) is 10.1 Å². The lowest BCUT2D eigenvalue weighted by molar-refractivity contribution is -0.115. The van der Waals surface area contributed by atoms with E-state index in [9.17, 15) is 14.4 Å². The molecule has 0 saturated carbocycles. The fourth-order valence-corrected chi connectivity index (χ4v) is 4.15. The summed E-state index contributed by atoms with van der Waals surface area (Å²) in [5.41, 5.74) is 2.81. The molecular formula is C20H15NO4S. The van der Waals surface area contributed by atoms with Gasteiger partial charge in [0.15, 0.2) is 12.4 Å². The molecule has 1 aliphatic heterocycles. The SMILES string of the molecule is Cc1c(C(=O)OCC(=O)c2ccc3c(c2)CC(=O)N3)sc2ccccc12. The second-order valence-corrected chi connectivity index (χ2v) is 7.20. The van der Waals surface area contributed by atoms with E-state index < -0.39 is 5.97 Å². The summed E-state index contributed by atoms with van der Waals surface area (Å²) in [6.07, 6.45) is 0.261. The summed E-state index contributed by atoms with van der Waals surface area (Å²) in [7, 11) is 0. The number of nitrogens with one attached hydrogen (secondary N) is 1. The molecule has 0 radical (unpaired) electrons. The lowest BCUT2D eigenvalue weighted by atomic mass is 10.1. The van der Waals surface area contributed by atoms with Crippen molar-refractivity contribution in [3.63, 3.8) is 0 Å². The highest BCUT2D eigenvalue weighted by atomic mass is 32.1. The van der Waals surface area contributed by atoms with Crippen molar-refractivity contribution in [1.29, 1.82) is 0 Å². The molecule has 0 atom stereocenters. The average molecular weight is 365 g/mol. The standard InChI is InChI=1S/C20H15NO4S/c1-11-14-4-2-3-5-17(14)26-19(11)20(24)25-10-16(22)12-6-7-15-13(8-12)9-18(23)21-15/h2-8H,9-10H2,1H3,(H,21,23). The number of aryl methyl sites for hydroxylation is 1. The number of hydrogen-bond donors (Lipinski definition) is 1. The molecule has 0 saturated heterocycles. The molecular weight excluding hydrogens is 350 g/mol. The quantitative estimate of drug-likeness (QED) is 0.565. The van der Waals surface area contributed by atoms with E-state index in [0.29, 0.717) is 10.4 Å². The van der Waals surface area contributed by atoms with Gasteiger partial charge in [-0.25, -0.2) is 4.79 Å². The minimum atomic E-state index is -0.491. The summed E-state index contributed by atoms with van der Waals surface area (Å²) in [6, 6.07) is 12.8. The van der Waals surface area contributed by atoms with Gasteiger partial charge in [0.1, 0.15) is 4.88 Å². The maximum atomic E-state index is 12.4. The first-order valence-corrected chi connectivity index (χ1v) is 8.96. The van der Waals surface area contributed by atoms with Gasteiger partial charge in [-0.1, -0.05) is 18.2 Å². The number of ketones is 1. The minimum absolute atomic E-state index is 0.0868. The zero-order chi connectivity index (χ0) is 18.3. The third kappa shape index (κ3) is 2.88. The zero-order valence-electron chi connectivity index (χ0n) is 14.0. The molecule has 0 aliphatic carbocycles. The average Bonchev–Trinajstić information content (AvgIpc) is 3.18. The van der Waals surface area contributed by atoms with E-state index in [1.165, 1.54) is 11.3 Å². The first-order chi connectivity index (χ1) is 12.5. The first-order valence-electron chi connectivity index (χ1n) is 8.14. The lowest BCUT2D eigenvalue weighted by Crippen LogP contribution is -2.14. The molecule has 2 heterocycles. The van der Waals surface area contributed by atoms with Gasteiger partial charge in [0.05, 0.1) is 6.42 Å². The Hall–Kier alpha value is -2.99. The second-order valence-electron chi connectivity index (χ2n) is 6.15. The maximum Gasteiger partial charge on any atom is 0.349 e. The Morgan fingerprint density at radius 3 is 2.81 bits per heavy atom. The van der Waals surface area contributed by atoms with Gasteiger partial charge in [0.2, 0.25) is 5.91 Å². The molecule has 1 aliphatic rings. The number of carbonyl (C=O) groups is 3. The van der Waals surface area contributed by atoms with Gasteiger partial charge < -0.3 is 10.1 Å². The molecule has 0 spiro atoms. The first kappa shape index (κ1) is 16.5. The molecule has 26 heavy (non-hydrogen) atoms. The van der Waals surface area contributed by atoms with E-state index in [-0.39, 0.29) is 24.7 Å². The number of esters is 1. The predicted molar refractivity (Wildman–Crippen MR) is 100.0 cm³/mol. The maximum absolute atomic E-state index is 12.4. The van der Waals surface area contributed by atoms with Crippen LogP contribution in [-0.4, -0.2) is 24.3 Å². The van der Waals surface area contributed by atoms with Gasteiger partial charge in [0.25, 0.3) is 0 Å². The van der Waals surface area contributed by atoms with Gasteiger partial charge in [-0.3, -0.25) is 9.59 Å². The van der Waals surface area contributed by atoms with Crippen LogP contribution in [0.1, 0.15) is 31.2 Å². The summed E-state index contributed by atoms with van der Waals surface area (Å²) in [5.74, 6) is -0.870. The van der Waals surface area contributed by atoms with E-state index in [1.807, 2.05) is 31.2 Å². The topological polar surface area (TPSA) is 72.5 Å². The van der Waals surface area contributed by atoms with E-state index in [2.05, 4.69) is 5.32 Å². The molecule has 1 amide bonds. The van der Waals surface area contributed by atoms with E-state index in [4.69, 9.17) is 4.74 Å². The monoisotopic (exact) mass is 365 g/mol. The Labute approximate surface area is 153 Å². The van der Waals surface area contributed by atoms with E-state index in [0.717, 1.165) is 26.9 Å². The van der Waals surface area contributed by atoms with Crippen LogP contribution in [-0.2, 0) is 16.0 Å². The van der Waals surface area contributed by atoms with Crippen LogP contribution in [0.15, 0.2) is 42.5 Å². The largest absolute Gasteiger partial charge is 0.453 e. The highest BCUT2D eigenvalue weighted by Crippen LogP contribution is 2.31. The van der Waals surface area contributed by atoms with Crippen LogP contribution in [0.3, 0.4) is 0 Å². The van der Waals surface area contributed by atoms with Crippen molar-refractivity contribution in [3.8, 4) is 0 Å². The van der Waals surface area contributed by atoms with Crippen molar-refractivity contribution < 1.29 is 19.1 Å². The second kappa shape index (κ2) is 6.38. The van der Waals surface area contributed by atoms with Gasteiger partial charge in [-0.2, -0.15) is 0 Å². The van der Waals surface area contributed by atoms with Crippen molar-refractivity contribution in [1.82, 2.24) is 0 Å². The molecule has 1 N–H and O–H groups in total. The number of Topliss-reactive ketones (excluding diaryl/α,β-unsaturated/α-hetero) is 1. The molecule has 0 fully saturated rings. The Balaban J connectivity index is 1.47. The van der Waals surface area contributed by atoms with Crippen LogP contribution in [0.5, 0.6) is 0 Å². The lowest BCUT2D eigenvalue weighted by Gasteiger charge is -2.05. The van der Waals surface area contributed by atoms with Crippen molar-refractivity contribution in [2.45, 2.75) is 13.3 Å². The molecule has 1 aromatic heterocycles. The van der Waals surface area contributed by atoms with Gasteiger partial charge in [-0.05, 0) is 47.7 Å². The number of hydrogen-bond acceptors (Lipinski definition) is 5. The van der Waals surface area contributed by atoms with Crippen molar-refractivity contribution in [2.24, 2.45) is 0 Å². The molecule has 130 valence electrons. The molecule has 0 bridgehead atoms. The number of rotatable bonds is 4. The molecule has 0 unspecified atom stereocenters. The molecule has 4 rings (SSSR count). The third-order valence-corrected chi connectivity index (χ3v) is 5.67. The van der Waals surface area contributed by atoms with E-state index >= 15 is 0 Å². The molecule has 6 heteroatoms. The van der Waals surface area contributed by atoms with Gasteiger partial charge in [0, 0.05) is 16.0 Å². The van der Waals surface area contributed by atoms with Crippen molar-refractivity contribution in [2.75, 3.05) is 11.9 Å². The molecule has 2 aromatic carbocycles. The Kier molecular flexibility index (Phi) is 4.05. The zero-order valence-corrected chi connectivity index (χ0v) is 14.8. The Morgan fingerprint density at radius 2 is 2.00 bits per heavy atom. The number of carbonyl (C=O) groups excluding carboxylic acids is 3. The van der Waals surface area contributed by atoms with Crippen LogP contribution in [0.4, 0.5) is 5.69 Å². The number of thiophene rings is 1. The van der Waals surface area contributed by atoms with Crippen LogP contribution < -0.4 is 5.32 Å². The number of ether oxygens (including phenoxy) is 1. The van der Waals surface area contributed by atoms with Gasteiger partial charge >= 0.3 is 5.97 Å². The summed E-state index contributed by atoms with van der Waals surface area (Å²) in [5, 5.41) is 3.74. The minimum Gasteiger partial charge on any atom is -0.453 e. The fourth-order valence-electron chi connectivity index (χ4n) is 3.05. The smallest absolute Gasteiger partial charge is 0.349 e. The summed E-state index contributed by atoms with van der Waals surface area (Å²) in [4.78, 5) is 36.6. The summed E-state index contributed by atoms with van der Waals surface area (Å²) >= 11 is 1.36. The number of anilines is 1. The van der Waals surface area contributed by atoms with Gasteiger partial charge in [-0.15, -0.1) is 11.3 Å². The van der Waals surface area contributed by atoms with E-state index in [1.54, 1.807) is 18.2 Å². The predicted octanol–water partition coefficient (Wildman–Crippen LogP) is 3.74. The molecule has 5 nitrogen and oxygen atoms in total. The summed E-state index contributed by atoms with van der Waals surface area (Å²) < 4.78 is 6.25. The number of amides is 1.